The first kappa shape index (κ1) is 13.8. The van der Waals surface area contributed by atoms with Crippen LogP contribution in [0.1, 0.15) is 11.4 Å². The Morgan fingerprint density at radius 1 is 1.37 bits per heavy atom. The number of aryl methyl sites for hydroxylation is 3. The van der Waals surface area contributed by atoms with E-state index in [0.29, 0.717) is 0 Å². The normalized spacial score (nSPS) is 11.1. The Labute approximate surface area is 113 Å². The molecule has 0 bridgehead atoms. The zero-order valence-corrected chi connectivity index (χ0v) is 11.5. The van der Waals surface area contributed by atoms with Crippen molar-refractivity contribution in [2.75, 3.05) is 20.3 Å². The molecule has 0 saturated carbocycles. The molecule has 2 aromatic heterocycles. The molecule has 0 aromatic carbocycles. The van der Waals surface area contributed by atoms with E-state index in [1.54, 1.807) is 7.11 Å². The van der Waals surface area contributed by atoms with Gasteiger partial charge < -0.3 is 10.1 Å². The molecule has 0 radical (unpaired) electrons. The van der Waals surface area contributed by atoms with Gasteiger partial charge in [-0.3, -0.25) is 9.36 Å². The van der Waals surface area contributed by atoms with Crippen molar-refractivity contribution < 1.29 is 4.74 Å². The van der Waals surface area contributed by atoms with Crippen LogP contribution < -0.4 is 5.32 Å². The Hall–Kier alpha value is -1.66. The highest BCUT2D eigenvalue weighted by Gasteiger charge is 2.01. The maximum absolute atomic E-state index is 4.98. The lowest BCUT2D eigenvalue weighted by Gasteiger charge is -2.03. The average Bonchev–Trinajstić information content (AvgIpc) is 3.01. The molecule has 0 amide bonds. The van der Waals surface area contributed by atoms with E-state index in [1.807, 2.05) is 40.9 Å². The van der Waals surface area contributed by atoms with E-state index >= 15 is 0 Å². The van der Waals surface area contributed by atoms with Crippen molar-refractivity contribution in [1.82, 2.24) is 24.9 Å². The Morgan fingerprint density at radius 3 is 3.00 bits per heavy atom. The standard InChI is InChI=1S/C13H21N5O/c1-17-13(3-6-15-17)5-9-18-8-4-12(16-18)11-14-7-10-19-2/h3-4,6,8,14H,5,7,9-11H2,1-2H3. The van der Waals surface area contributed by atoms with Crippen LogP contribution >= 0.6 is 0 Å². The largest absolute Gasteiger partial charge is 0.383 e. The smallest absolute Gasteiger partial charge is 0.0762 e. The summed E-state index contributed by atoms with van der Waals surface area (Å²) in [7, 11) is 3.67. The summed E-state index contributed by atoms with van der Waals surface area (Å²) in [5, 5.41) is 12.0. The fourth-order valence-corrected chi connectivity index (χ4v) is 1.89. The third kappa shape index (κ3) is 4.18. The van der Waals surface area contributed by atoms with Gasteiger partial charge in [-0.15, -0.1) is 0 Å². The summed E-state index contributed by atoms with van der Waals surface area (Å²) in [6.45, 7) is 3.22. The molecule has 19 heavy (non-hydrogen) atoms. The molecule has 0 aliphatic heterocycles. The van der Waals surface area contributed by atoms with Crippen molar-refractivity contribution in [2.24, 2.45) is 7.05 Å². The fourth-order valence-electron chi connectivity index (χ4n) is 1.89. The minimum Gasteiger partial charge on any atom is -0.383 e. The number of rotatable bonds is 8. The SMILES string of the molecule is COCCNCc1ccn(CCc2ccnn2C)n1. The van der Waals surface area contributed by atoms with Gasteiger partial charge in [-0.2, -0.15) is 10.2 Å². The number of nitrogens with one attached hydrogen (secondary N) is 1. The summed E-state index contributed by atoms with van der Waals surface area (Å²) in [6, 6.07) is 4.08. The van der Waals surface area contributed by atoms with Gasteiger partial charge in [0.1, 0.15) is 0 Å². The first-order valence-electron chi connectivity index (χ1n) is 6.48. The molecule has 0 saturated heterocycles. The van der Waals surface area contributed by atoms with Crippen molar-refractivity contribution in [2.45, 2.75) is 19.5 Å². The fraction of sp³-hybridized carbons (Fsp3) is 0.538. The molecule has 2 rings (SSSR count). The van der Waals surface area contributed by atoms with Gasteiger partial charge in [-0.05, 0) is 12.1 Å². The molecule has 0 aliphatic rings. The van der Waals surface area contributed by atoms with Crippen LogP contribution in [0.2, 0.25) is 0 Å². The van der Waals surface area contributed by atoms with Gasteiger partial charge in [0.25, 0.3) is 0 Å². The van der Waals surface area contributed by atoms with Gasteiger partial charge >= 0.3 is 0 Å². The minimum absolute atomic E-state index is 0.723. The van der Waals surface area contributed by atoms with Gasteiger partial charge in [0.2, 0.25) is 0 Å². The second-order valence-corrected chi connectivity index (χ2v) is 4.44. The third-order valence-corrected chi connectivity index (χ3v) is 3.00. The van der Waals surface area contributed by atoms with Crippen molar-refractivity contribution in [3.63, 3.8) is 0 Å². The quantitative estimate of drug-likeness (QED) is 0.708. The highest BCUT2D eigenvalue weighted by molar-refractivity contribution is 5.01. The van der Waals surface area contributed by atoms with Crippen molar-refractivity contribution in [3.8, 4) is 0 Å². The number of methoxy groups -OCH3 is 1. The van der Waals surface area contributed by atoms with Gasteiger partial charge in [-0.1, -0.05) is 0 Å². The predicted molar refractivity (Wildman–Crippen MR) is 72.7 cm³/mol. The highest BCUT2D eigenvalue weighted by Crippen LogP contribution is 2.01. The first-order chi connectivity index (χ1) is 9.29. The van der Waals surface area contributed by atoms with Crippen LogP contribution in [0, 0.1) is 0 Å². The second-order valence-electron chi connectivity index (χ2n) is 4.44. The van der Waals surface area contributed by atoms with Gasteiger partial charge in [0.05, 0.1) is 12.3 Å². The summed E-state index contributed by atoms with van der Waals surface area (Å²) in [4.78, 5) is 0. The van der Waals surface area contributed by atoms with Crippen LogP contribution in [0.5, 0.6) is 0 Å². The lowest BCUT2D eigenvalue weighted by atomic mass is 10.3. The zero-order valence-electron chi connectivity index (χ0n) is 11.5. The molecule has 0 spiro atoms. The number of hydrogen-bond acceptors (Lipinski definition) is 4. The van der Waals surface area contributed by atoms with E-state index in [-0.39, 0.29) is 0 Å². The summed E-state index contributed by atoms with van der Waals surface area (Å²) in [5.41, 5.74) is 2.27. The Bertz CT molecular complexity index is 491. The van der Waals surface area contributed by atoms with Crippen LogP contribution in [0.25, 0.3) is 0 Å². The van der Waals surface area contributed by atoms with Crippen molar-refractivity contribution in [3.05, 3.63) is 35.9 Å². The maximum Gasteiger partial charge on any atom is 0.0762 e. The highest BCUT2D eigenvalue weighted by atomic mass is 16.5. The summed E-state index contributed by atoms with van der Waals surface area (Å²) in [6.07, 6.45) is 4.78. The first-order valence-corrected chi connectivity index (χ1v) is 6.48. The number of nitrogens with zero attached hydrogens (tertiary/aromatic N) is 4. The van der Waals surface area contributed by atoms with E-state index < -0.39 is 0 Å². The maximum atomic E-state index is 4.98. The predicted octanol–water partition coefficient (Wildman–Crippen LogP) is 0.595. The molecular formula is C13H21N5O. The molecule has 1 N–H and O–H groups in total. The number of ether oxygens (including phenoxy) is 1. The van der Waals surface area contributed by atoms with E-state index in [4.69, 9.17) is 4.74 Å². The van der Waals surface area contributed by atoms with Gasteiger partial charge in [0, 0.05) is 58.3 Å². The zero-order chi connectivity index (χ0) is 13.5. The molecule has 0 atom stereocenters. The Balaban J connectivity index is 1.76. The Kier molecular flexibility index (Phi) is 5.11. The average molecular weight is 263 g/mol. The molecule has 6 heteroatoms. The Morgan fingerprint density at radius 2 is 2.26 bits per heavy atom. The second kappa shape index (κ2) is 7.06. The lowest BCUT2D eigenvalue weighted by molar-refractivity contribution is 0.199. The van der Waals surface area contributed by atoms with E-state index in [2.05, 4.69) is 15.5 Å². The van der Waals surface area contributed by atoms with Crippen LogP contribution in [-0.2, 0) is 31.3 Å². The molecule has 2 heterocycles. The number of hydrogen-bond donors (Lipinski definition) is 1. The van der Waals surface area contributed by atoms with Crippen LogP contribution in [-0.4, -0.2) is 39.8 Å². The summed E-state index contributed by atoms with van der Waals surface area (Å²) in [5.74, 6) is 0. The minimum atomic E-state index is 0.723. The van der Waals surface area contributed by atoms with E-state index in [0.717, 1.165) is 38.4 Å². The van der Waals surface area contributed by atoms with Crippen molar-refractivity contribution in [1.29, 1.82) is 0 Å². The topological polar surface area (TPSA) is 56.9 Å². The lowest BCUT2D eigenvalue weighted by Crippen LogP contribution is -2.19. The van der Waals surface area contributed by atoms with Crippen LogP contribution in [0.15, 0.2) is 24.5 Å². The molecule has 104 valence electrons. The van der Waals surface area contributed by atoms with Gasteiger partial charge in [0.15, 0.2) is 0 Å². The number of aromatic nitrogens is 4. The van der Waals surface area contributed by atoms with Crippen molar-refractivity contribution >= 4 is 0 Å². The molecule has 6 nitrogen and oxygen atoms in total. The monoisotopic (exact) mass is 263 g/mol. The molecular weight excluding hydrogens is 242 g/mol. The molecule has 0 aliphatic carbocycles. The van der Waals surface area contributed by atoms with E-state index in [1.165, 1.54) is 5.69 Å². The van der Waals surface area contributed by atoms with Crippen LogP contribution in [0.3, 0.4) is 0 Å². The summed E-state index contributed by atoms with van der Waals surface area (Å²) >= 11 is 0. The summed E-state index contributed by atoms with van der Waals surface area (Å²) < 4.78 is 8.85. The van der Waals surface area contributed by atoms with Crippen LogP contribution in [0.4, 0.5) is 0 Å². The van der Waals surface area contributed by atoms with E-state index in [9.17, 15) is 0 Å². The third-order valence-electron chi connectivity index (χ3n) is 3.00. The molecule has 2 aromatic rings. The molecule has 0 unspecified atom stereocenters. The van der Waals surface area contributed by atoms with Gasteiger partial charge in [-0.25, -0.2) is 0 Å². The molecule has 0 fully saturated rings.